The summed E-state index contributed by atoms with van der Waals surface area (Å²) in [6, 6.07) is 0. The molecular formula is C13H25NO3. The summed E-state index contributed by atoms with van der Waals surface area (Å²) >= 11 is 0. The highest BCUT2D eigenvalue weighted by atomic mass is 16.5. The topological polar surface area (TPSA) is 38.8 Å². The van der Waals surface area contributed by atoms with Crippen LogP contribution in [-0.4, -0.2) is 50.3 Å². The van der Waals surface area contributed by atoms with Crippen LogP contribution in [0.5, 0.6) is 0 Å². The van der Waals surface area contributed by atoms with Crippen LogP contribution in [-0.2, 0) is 14.3 Å². The molecule has 0 aromatic carbocycles. The summed E-state index contributed by atoms with van der Waals surface area (Å²) in [5.41, 5.74) is 0. The lowest BCUT2D eigenvalue weighted by Crippen LogP contribution is -2.28. The van der Waals surface area contributed by atoms with Gasteiger partial charge in [-0.1, -0.05) is 13.3 Å². The summed E-state index contributed by atoms with van der Waals surface area (Å²) in [7, 11) is 1.86. The van der Waals surface area contributed by atoms with Crippen molar-refractivity contribution in [2.24, 2.45) is 0 Å². The third kappa shape index (κ3) is 6.03. The molecule has 1 heterocycles. The van der Waals surface area contributed by atoms with Crippen LogP contribution >= 0.6 is 0 Å². The molecule has 1 atom stereocenters. The van der Waals surface area contributed by atoms with Crippen molar-refractivity contribution in [3.05, 3.63) is 0 Å². The molecule has 4 nitrogen and oxygen atoms in total. The smallest absolute Gasteiger partial charge is 0.224 e. The molecule has 1 amide bonds. The van der Waals surface area contributed by atoms with Gasteiger partial charge in [0.1, 0.15) is 0 Å². The Bertz CT molecular complexity index is 215. The molecule has 0 aromatic rings. The Kier molecular flexibility index (Phi) is 7.21. The van der Waals surface area contributed by atoms with Crippen molar-refractivity contribution in [2.45, 2.75) is 45.1 Å². The van der Waals surface area contributed by atoms with Crippen LogP contribution in [0.15, 0.2) is 0 Å². The summed E-state index contributed by atoms with van der Waals surface area (Å²) < 4.78 is 10.9. The second kappa shape index (κ2) is 8.48. The average molecular weight is 243 g/mol. The molecule has 0 N–H and O–H groups in total. The summed E-state index contributed by atoms with van der Waals surface area (Å²) in [5, 5.41) is 0. The van der Waals surface area contributed by atoms with Gasteiger partial charge in [-0.3, -0.25) is 4.79 Å². The van der Waals surface area contributed by atoms with Crippen LogP contribution in [0, 0.1) is 0 Å². The van der Waals surface area contributed by atoms with E-state index in [1.165, 1.54) is 0 Å². The number of amides is 1. The molecule has 100 valence electrons. The quantitative estimate of drug-likeness (QED) is 0.610. The summed E-state index contributed by atoms with van der Waals surface area (Å²) in [6.45, 7) is 4.97. The van der Waals surface area contributed by atoms with Crippen molar-refractivity contribution in [1.29, 1.82) is 0 Å². The van der Waals surface area contributed by atoms with E-state index in [2.05, 4.69) is 6.92 Å². The van der Waals surface area contributed by atoms with E-state index < -0.39 is 0 Å². The van der Waals surface area contributed by atoms with Gasteiger partial charge in [-0.25, -0.2) is 0 Å². The molecule has 1 saturated heterocycles. The molecule has 0 saturated carbocycles. The molecular weight excluding hydrogens is 218 g/mol. The second-order valence-electron chi connectivity index (χ2n) is 4.63. The number of rotatable bonds is 8. The Morgan fingerprint density at radius 2 is 2.35 bits per heavy atom. The van der Waals surface area contributed by atoms with Crippen molar-refractivity contribution >= 4 is 5.91 Å². The molecule has 0 aromatic heterocycles. The zero-order valence-corrected chi connectivity index (χ0v) is 11.1. The van der Waals surface area contributed by atoms with Gasteiger partial charge in [0.25, 0.3) is 0 Å². The lowest BCUT2D eigenvalue weighted by molar-refractivity contribution is -0.131. The van der Waals surface area contributed by atoms with E-state index in [1.807, 2.05) is 7.05 Å². The molecule has 1 rings (SSSR count). The minimum atomic E-state index is 0.172. The zero-order chi connectivity index (χ0) is 12.5. The van der Waals surface area contributed by atoms with Crippen LogP contribution in [0.25, 0.3) is 0 Å². The van der Waals surface area contributed by atoms with Gasteiger partial charge in [-0.15, -0.1) is 0 Å². The Labute approximate surface area is 104 Å². The van der Waals surface area contributed by atoms with Crippen molar-refractivity contribution in [1.82, 2.24) is 4.90 Å². The molecule has 1 unspecified atom stereocenters. The predicted molar refractivity (Wildman–Crippen MR) is 67.0 cm³/mol. The number of unbranched alkanes of at least 4 members (excludes halogenated alkanes) is 1. The maximum absolute atomic E-state index is 11.7. The first kappa shape index (κ1) is 14.5. The molecule has 0 bridgehead atoms. The lowest BCUT2D eigenvalue weighted by Gasteiger charge is -2.17. The Balaban J connectivity index is 1.98. The fraction of sp³-hybridized carbons (Fsp3) is 0.923. The predicted octanol–water partition coefficient (Wildman–Crippen LogP) is 1.83. The van der Waals surface area contributed by atoms with Crippen molar-refractivity contribution in [2.75, 3.05) is 33.4 Å². The van der Waals surface area contributed by atoms with E-state index in [9.17, 15) is 4.79 Å². The molecule has 1 aliphatic rings. The van der Waals surface area contributed by atoms with Gasteiger partial charge in [-0.2, -0.15) is 0 Å². The number of hydrogen-bond acceptors (Lipinski definition) is 3. The fourth-order valence-corrected chi connectivity index (χ4v) is 1.86. The number of carbonyl (C=O) groups is 1. The van der Waals surface area contributed by atoms with Gasteiger partial charge in [-0.05, 0) is 19.3 Å². The highest BCUT2D eigenvalue weighted by Crippen LogP contribution is 2.11. The maximum atomic E-state index is 11.7. The molecule has 4 heteroatoms. The summed E-state index contributed by atoms with van der Waals surface area (Å²) in [6.07, 6.45) is 5.14. The van der Waals surface area contributed by atoms with Gasteiger partial charge < -0.3 is 14.4 Å². The summed E-state index contributed by atoms with van der Waals surface area (Å²) in [5.74, 6) is 0.172. The van der Waals surface area contributed by atoms with Gasteiger partial charge >= 0.3 is 0 Å². The molecule has 1 fully saturated rings. The number of hydrogen-bond donors (Lipinski definition) is 0. The Morgan fingerprint density at radius 1 is 1.53 bits per heavy atom. The standard InChI is InChI=1S/C13H25NO3/c1-3-4-8-14(2)13(15)7-10-16-11-12-6-5-9-17-12/h12H,3-11H2,1-2H3. The van der Waals surface area contributed by atoms with Gasteiger partial charge in [0.15, 0.2) is 0 Å². The highest BCUT2D eigenvalue weighted by Gasteiger charge is 2.15. The number of ether oxygens (including phenoxy) is 2. The van der Waals surface area contributed by atoms with E-state index in [1.54, 1.807) is 4.90 Å². The van der Waals surface area contributed by atoms with Gasteiger partial charge in [0, 0.05) is 20.2 Å². The van der Waals surface area contributed by atoms with E-state index >= 15 is 0 Å². The third-order valence-electron chi connectivity index (χ3n) is 3.06. The van der Waals surface area contributed by atoms with Crippen LogP contribution in [0.2, 0.25) is 0 Å². The Morgan fingerprint density at radius 3 is 3.00 bits per heavy atom. The zero-order valence-electron chi connectivity index (χ0n) is 11.1. The average Bonchev–Trinajstić information content (AvgIpc) is 2.84. The van der Waals surface area contributed by atoms with Gasteiger partial charge in [0.05, 0.1) is 25.7 Å². The number of carbonyl (C=O) groups excluding carboxylic acids is 1. The van der Waals surface area contributed by atoms with Gasteiger partial charge in [0.2, 0.25) is 5.91 Å². The van der Waals surface area contributed by atoms with E-state index in [0.29, 0.717) is 19.6 Å². The largest absolute Gasteiger partial charge is 0.378 e. The molecule has 17 heavy (non-hydrogen) atoms. The maximum Gasteiger partial charge on any atom is 0.224 e. The summed E-state index contributed by atoms with van der Waals surface area (Å²) in [4.78, 5) is 13.5. The third-order valence-corrected chi connectivity index (χ3v) is 3.06. The highest BCUT2D eigenvalue weighted by molar-refractivity contribution is 5.75. The van der Waals surface area contributed by atoms with Crippen molar-refractivity contribution < 1.29 is 14.3 Å². The van der Waals surface area contributed by atoms with Crippen molar-refractivity contribution in [3.63, 3.8) is 0 Å². The minimum absolute atomic E-state index is 0.172. The van der Waals surface area contributed by atoms with E-state index in [0.717, 1.165) is 38.8 Å². The second-order valence-corrected chi connectivity index (χ2v) is 4.63. The van der Waals surface area contributed by atoms with Crippen LogP contribution in [0.1, 0.15) is 39.0 Å². The monoisotopic (exact) mass is 243 g/mol. The van der Waals surface area contributed by atoms with Crippen molar-refractivity contribution in [3.8, 4) is 0 Å². The van der Waals surface area contributed by atoms with Crippen LogP contribution < -0.4 is 0 Å². The molecule has 0 radical (unpaired) electrons. The number of nitrogens with zero attached hydrogens (tertiary/aromatic N) is 1. The normalized spacial score (nSPS) is 19.5. The molecule has 0 spiro atoms. The van der Waals surface area contributed by atoms with E-state index in [-0.39, 0.29) is 12.0 Å². The fourth-order valence-electron chi connectivity index (χ4n) is 1.86. The first-order chi connectivity index (χ1) is 8.24. The minimum Gasteiger partial charge on any atom is -0.378 e. The first-order valence-corrected chi connectivity index (χ1v) is 6.67. The Hall–Kier alpha value is -0.610. The lowest BCUT2D eigenvalue weighted by atomic mass is 10.2. The van der Waals surface area contributed by atoms with E-state index in [4.69, 9.17) is 9.47 Å². The molecule has 1 aliphatic heterocycles. The first-order valence-electron chi connectivity index (χ1n) is 6.67. The van der Waals surface area contributed by atoms with Crippen LogP contribution in [0.4, 0.5) is 0 Å². The SMILES string of the molecule is CCCCN(C)C(=O)CCOCC1CCCO1. The van der Waals surface area contributed by atoms with Crippen LogP contribution in [0.3, 0.4) is 0 Å². The molecule has 0 aliphatic carbocycles.